The Kier molecular flexibility index (Phi) is 6.36. The minimum absolute atomic E-state index is 0.0198. The molecule has 0 saturated heterocycles. The fourth-order valence-corrected chi connectivity index (χ4v) is 2.66. The predicted molar refractivity (Wildman–Crippen MR) is 94.6 cm³/mol. The van der Waals surface area contributed by atoms with Gasteiger partial charge in [0.2, 0.25) is 5.91 Å². The van der Waals surface area contributed by atoms with Crippen molar-refractivity contribution in [2.24, 2.45) is 11.7 Å². The highest BCUT2D eigenvalue weighted by molar-refractivity contribution is 5.81. The molecule has 0 radical (unpaired) electrons. The van der Waals surface area contributed by atoms with Crippen molar-refractivity contribution in [1.29, 1.82) is 0 Å². The molecule has 0 saturated carbocycles. The summed E-state index contributed by atoms with van der Waals surface area (Å²) in [5.74, 6) is 0.427. The summed E-state index contributed by atoms with van der Waals surface area (Å²) in [4.78, 5) is 14.6. The summed E-state index contributed by atoms with van der Waals surface area (Å²) in [6.45, 7) is 5.35. The Morgan fingerprint density at radius 2 is 1.35 bits per heavy atom. The summed E-state index contributed by atoms with van der Waals surface area (Å²) in [5, 5.41) is 0. The first-order valence-corrected chi connectivity index (χ1v) is 8.18. The average Bonchev–Trinajstić information content (AvgIpc) is 2.55. The first-order valence-electron chi connectivity index (χ1n) is 8.18. The van der Waals surface area contributed by atoms with Crippen LogP contribution in [0.4, 0.5) is 0 Å². The Morgan fingerprint density at radius 1 is 0.913 bits per heavy atom. The van der Waals surface area contributed by atoms with E-state index in [1.165, 1.54) is 0 Å². The minimum atomic E-state index is -0.442. The summed E-state index contributed by atoms with van der Waals surface area (Å²) in [5.41, 5.74) is 8.37. The van der Waals surface area contributed by atoms with Crippen LogP contribution in [0.1, 0.15) is 31.4 Å². The lowest BCUT2D eigenvalue weighted by atomic mass is 10.0. The van der Waals surface area contributed by atoms with Crippen molar-refractivity contribution in [3.63, 3.8) is 0 Å². The van der Waals surface area contributed by atoms with Crippen LogP contribution in [0.5, 0.6) is 0 Å². The van der Waals surface area contributed by atoms with E-state index in [9.17, 15) is 4.79 Å². The van der Waals surface area contributed by atoms with E-state index in [2.05, 4.69) is 13.8 Å². The number of nitrogens with two attached hydrogens (primary N) is 1. The van der Waals surface area contributed by atoms with Crippen molar-refractivity contribution >= 4 is 5.91 Å². The summed E-state index contributed by atoms with van der Waals surface area (Å²) >= 11 is 0. The Morgan fingerprint density at radius 3 is 1.74 bits per heavy atom. The first kappa shape index (κ1) is 17.2. The third-order valence-corrected chi connectivity index (χ3v) is 3.79. The van der Waals surface area contributed by atoms with Crippen LogP contribution in [0.3, 0.4) is 0 Å². The molecular formula is C20H26N2O. The van der Waals surface area contributed by atoms with Crippen molar-refractivity contribution in [3.05, 3.63) is 71.8 Å². The Bertz CT molecular complexity index is 554. The number of hydrogen-bond acceptors (Lipinski definition) is 2. The molecule has 2 N–H and O–H groups in total. The number of rotatable bonds is 7. The minimum Gasteiger partial charge on any atom is -0.333 e. The second-order valence-corrected chi connectivity index (χ2v) is 6.40. The van der Waals surface area contributed by atoms with Crippen molar-refractivity contribution in [3.8, 4) is 0 Å². The van der Waals surface area contributed by atoms with Crippen LogP contribution in [-0.4, -0.2) is 16.8 Å². The molecule has 3 nitrogen and oxygen atoms in total. The highest BCUT2D eigenvalue weighted by Gasteiger charge is 2.22. The van der Waals surface area contributed by atoms with Crippen LogP contribution < -0.4 is 5.73 Å². The third-order valence-electron chi connectivity index (χ3n) is 3.79. The maximum atomic E-state index is 12.8. The molecule has 0 heterocycles. The highest BCUT2D eigenvalue weighted by Crippen LogP contribution is 2.13. The molecular weight excluding hydrogens is 284 g/mol. The predicted octanol–water partition coefficient (Wildman–Crippen LogP) is 3.59. The molecule has 0 fully saturated rings. The fourth-order valence-electron chi connectivity index (χ4n) is 2.66. The molecule has 122 valence electrons. The SMILES string of the molecule is CC(C)C[C@@H](N)C(=O)N(Cc1ccccc1)Cc1ccccc1. The molecule has 0 aliphatic heterocycles. The van der Waals surface area contributed by atoms with Gasteiger partial charge >= 0.3 is 0 Å². The zero-order valence-electron chi connectivity index (χ0n) is 14.0. The molecule has 2 aromatic carbocycles. The van der Waals surface area contributed by atoms with Crippen LogP contribution in [0.25, 0.3) is 0 Å². The number of carbonyl (C=O) groups excluding carboxylic acids is 1. The summed E-state index contributed by atoms with van der Waals surface area (Å²) in [7, 11) is 0. The van der Waals surface area contributed by atoms with E-state index < -0.39 is 6.04 Å². The fraction of sp³-hybridized carbons (Fsp3) is 0.350. The van der Waals surface area contributed by atoms with E-state index in [1.54, 1.807) is 0 Å². The second-order valence-electron chi connectivity index (χ2n) is 6.40. The summed E-state index contributed by atoms with van der Waals surface area (Å²) in [6.07, 6.45) is 0.707. The average molecular weight is 310 g/mol. The van der Waals surface area contributed by atoms with Gasteiger partial charge in [-0.2, -0.15) is 0 Å². The van der Waals surface area contributed by atoms with Crippen molar-refractivity contribution < 1.29 is 4.79 Å². The molecule has 0 aromatic heterocycles. The van der Waals surface area contributed by atoms with Gasteiger partial charge in [0.15, 0.2) is 0 Å². The summed E-state index contributed by atoms with van der Waals surface area (Å²) < 4.78 is 0. The van der Waals surface area contributed by atoms with Crippen molar-refractivity contribution in [2.45, 2.75) is 39.4 Å². The molecule has 3 heteroatoms. The van der Waals surface area contributed by atoms with E-state index in [1.807, 2.05) is 65.6 Å². The number of nitrogens with zero attached hydrogens (tertiary/aromatic N) is 1. The second kappa shape index (κ2) is 8.49. The quantitative estimate of drug-likeness (QED) is 0.849. The van der Waals surface area contributed by atoms with Gasteiger partial charge in [-0.3, -0.25) is 4.79 Å². The van der Waals surface area contributed by atoms with Gasteiger partial charge in [-0.15, -0.1) is 0 Å². The normalized spacial score (nSPS) is 12.2. The first-order chi connectivity index (χ1) is 11.1. The van der Waals surface area contributed by atoms with E-state index in [4.69, 9.17) is 5.73 Å². The number of carbonyl (C=O) groups is 1. The zero-order chi connectivity index (χ0) is 16.7. The lowest BCUT2D eigenvalue weighted by molar-refractivity contribution is -0.134. The Hall–Kier alpha value is -2.13. The van der Waals surface area contributed by atoms with Gasteiger partial charge in [0.25, 0.3) is 0 Å². The number of amides is 1. The van der Waals surface area contributed by atoms with E-state index in [0.29, 0.717) is 25.4 Å². The van der Waals surface area contributed by atoms with Crippen LogP contribution in [0.15, 0.2) is 60.7 Å². The molecule has 2 rings (SSSR count). The topological polar surface area (TPSA) is 46.3 Å². The largest absolute Gasteiger partial charge is 0.333 e. The maximum absolute atomic E-state index is 12.8. The van der Waals surface area contributed by atoms with Crippen LogP contribution in [0, 0.1) is 5.92 Å². The van der Waals surface area contributed by atoms with Crippen LogP contribution >= 0.6 is 0 Å². The van der Waals surface area contributed by atoms with Gasteiger partial charge in [-0.05, 0) is 23.5 Å². The number of benzene rings is 2. The third kappa shape index (κ3) is 5.53. The van der Waals surface area contributed by atoms with Gasteiger partial charge in [-0.1, -0.05) is 74.5 Å². The molecule has 0 spiro atoms. The van der Waals surface area contributed by atoms with E-state index in [0.717, 1.165) is 11.1 Å². The molecule has 0 aliphatic rings. The molecule has 1 atom stereocenters. The smallest absolute Gasteiger partial charge is 0.240 e. The molecule has 2 aromatic rings. The Labute approximate surface area is 139 Å². The zero-order valence-corrected chi connectivity index (χ0v) is 14.0. The Balaban J connectivity index is 2.15. The molecule has 0 aliphatic carbocycles. The molecule has 1 amide bonds. The van der Waals surface area contributed by atoms with E-state index >= 15 is 0 Å². The van der Waals surface area contributed by atoms with Crippen LogP contribution in [-0.2, 0) is 17.9 Å². The van der Waals surface area contributed by atoms with Gasteiger partial charge in [0.1, 0.15) is 0 Å². The van der Waals surface area contributed by atoms with Gasteiger partial charge in [0.05, 0.1) is 6.04 Å². The number of hydrogen-bond donors (Lipinski definition) is 1. The van der Waals surface area contributed by atoms with Crippen LogP contribution in [0.2, 0.25) is 0 Å². The van der Waals surface area contributed by atoms with Crippen molar-refractivity contribution in [1.82, 2.24) is 4.90 Å². The van der Waals surface area contributed by atoms with Gasteiger partial charge in [0, 0.05) is 13.1 Å². The monoisotopic (exact) mass is 310 g/mol. The maximum Gasteiger partial charge on any atom is 0.240 e. The van der Waals surface area contributed by atoms with E-state index in [-0.39, 0.29) is 5.91 Å². The standard InChI is InChI=1S/C20H26N2O/c1-16(2)13-19(21)20(23)22(14-17-9-5-3-6-10-17)15-18-11-7-4-8-12-18/h3-12,16,19H,13-15,21H2,1-2H3/t19-/m1/s1. The molecule has 23 heavy (non-hydrogen) atoms. The summed E-state index contributed by atoms with van der Waals surface area (Å²) in [6, 6.07) is 19.7. The highest BCUT2D eigenvalue weighted by atomic mass is 16.2. The van der Waals surface area contributed by atoms with Crippen molar-refractivity contribution in [2.75, 3.05) is 0 Å². The lowest BCUT2D eigenvalue weighted by Crippen LogP contribution is -2.43. The molecule has 0 bridgehead atoms. The lowest BCUT2D eigenvalue weighted by Gasteiger charge is -2.27. The van der Waals surface area contributed by atoms with Gasteiger partial charge < -0.3 is 10.6 Å². The van der Waals surface area contributed by atoms with Gasteiger partial charge in [-0.25, -0.2) is 0 Å². The molecule has 0 unspecified atom stereocenters.